The molecule has 2 aliphatic carbocycles. The summed E-state index contributed by atoms with van der Waals surface area (Å²) < 4.78 is 4.78. The van der Waals surface area contributed by atoms with E-state index < -0.39 is 12.0 Å². The van der Waals surface area contributed by atoms with Gasteiger partial charge in [-0.15, -0.1) is 23.7 Å². The van der Waals surface area contributed by atoms with Crippen LogP contribution in [0.3, 0.4) is 0 Å². The molecule has 9 heteroatoms. The molecule has 27 heavy (non-hydrogen) atoms. The number of thiophene rings is 1. The van der Waals surface area contributed by atoms with Gasteiger partial charge < -0.3 is 20.7 Å². The summed E-state index contributed by atoms with van der Waals surface area (Å²) in [5.74, 6) is -0.115. The van der Waals surface area contributed by atoms with Crippen LogP contribution in [0.4, 0.5) is 5.00 Å². The zero-order valence-electron chi connectivity index (χ0n) is 15.1. The fraction of sp³-hybridized carbons (Fsp3) is 0.611. The predicted molar refractivity (Wildman–Crippen MR) is 104 cm³/mol. The molecule has 2 saturated carbocycles. The zero-order chi connectivity index (χ0) is 18.4. The van der Waals surface area contributed by atoms with Crippen molar-refractivity contribution in [1.29, 1.82) is 0 Å². The number of fused-ring (bicyclic) bond motifs is 2. The highest BCUT2D eigenvalue weighted by atomic mass is 35.5. The molecule has 148 valence electrons. The van der Waals surface area contributed by atoms with E-state index in [1.807, 2.05) is 0 Å². The van der Waals surface area contributed by atoms with Gasteiger partial charge in [0, 0.05) is 12.6 Å². The van der Waals surface area contributed by atoms with Crippen molar-refractivity contribution in [2.24, 2.45) is 23.5 Å². The third-order valence-corrected chi connectivity index (χ3v) is 7.04. The average Bonchev–Trinajstić information content (AvgIpc) is 3.39. The minimum absolute atomic E-state index is 0. The zero-order valence-corrected chi connectivity index (χ0v) is 16.7. The van der Waals surface area contributed by atoms with Gasteiger partial charge in [-0.25, -0.2) is 4.79 Å². The van der Waals surface area contributed by atoms with Crippen LogP contribution in [0.25, 0.3) is 0 Å². The largest absolute Gasteiger partial charge is 0.465 e. The Bertz CT molecular complexity index is 753. The summed E-state index contributed by atoms with van der Waals surface area (Å²) in [6.45, 7) is 0.469. The predicted octanol–water partition coefficient (Wildman–Crippen LogP) is 1.55. The normalized spacial score (nSPS) is 31.7. The highest BCUT2D eigenvalue weighted by Crippen LogP contribution is 2.47. The van der Waals surface area contributed by atoms with Crippen LogP contribution in [0.2, 0.25) is 0 Å². The van der Waals surface area contributed by atoms with Crippen molar-refractivity contribution in [3.8, 4) is 0 Å². The third-order valence-electron chi connectivity index (χ3n) is 6.10. The minimum Gasteiger partial charge on any atom is -0.465 e. The number of esters is 1. The summed E-state index contributed by atoms with van der Waals surface area (Å²) in [4.78, 5) is 39.0. The summed E-state index contributed by atoms with van der Waals surface area (Å²) in [5, 5.41) is 5.26. The van der Waals surface area contributed by atoms with Gasteiger partial charge in [-0.3, -0.25) is 9.59 Å². The van der Waals surface area contributed by atoms with Crippen LogP contribution < -0.4 is 16.0 Å². The van der Waals surface area contributed by atoms with Crippen LogP contribution in [0.5, 0.6) is 0 Å². The summed E-state index contributed by atoms with van der Waals surface area (Å²) in [5.41, 5.74) is 6.62. The van der Waals surface area contributed by atoms with Crippen molar-refractivity contribution in [2.75, 3.05) is 18.6 Å². The Balaban J connectivity index is 0.00000210. The number of carbonyl (C=O) groups excluding carboxylic acids is 3. The van der Waals surface area contributed by atoms with E-state index in [-0.39, 0.29) is 36.2 Å². The number of nitrogens with two attached hydrogens (primary N) is 1. The average molecular weight is 414 g/mol. The quantitative estimate of drug-likeness (QED) is 0.729. The lowest BCUT2D eigenvalue weighted by Gasteiger charge is -2.28. The van der Waals surface area contributed by atoms with E-state index in [9.17, 15) is 14.4 Å². The maximum Gasteiger partial charge on any atom is 0.340 e. The number of halogens is 1. The summed E-state index contributed by atoms with van der Waals surface area (Å²) >= 11 is 1.32. The highest BCUT2D eigenvalue weighted by Gasteiger charge is 2.50. The molecule has 3 N–H and O–H groups in total. The van der Waals surface area contributed by atoms with Gasteiger partial charge in [0.25, 0.3) is 0 Å². The second kappa shape index (κ2) is 7.77. The Hall–Kier alpha value is -1.64. The summed E-state index contributed by atoms with van der Waals surface area (Å²) in [7, 11) is 1.32. The van der Waals surface area contributed by atoms with Crippen molar-refractivity contribution < 1.29 is 19.1 Å². The number of nitrogens with zero attached hydrogens (tertiary/aromatic N) is 1. The van der Waals surface area contributed by atoms with Gasteiger partial charge >= 0.3 is 5.97 Å². The second-order valence-electron chi connectivity index (χ2n) is 7.41. The molecule has 4 rings (SSSR count). The Kier molecular flexibility index (Phi) is 5.79. The first-order valence-electron chi connectivity index (χ1n) is 9.04. The molecule has 3 aliphatic rings. The van der Waals surface area contributed by atoms with E-state index in [1.165, 1.54) is 18.4 Å². The number of hydrogen-bond acceptors (Lipinski definition) is 6. The molecule has 3 fully saturated rings. The molecule has 5 unspecified atom stereocenters. The first kappa shape index (κ1) is 20.1. The first-order valence-corrected chi connectivity index (χ1v) is 9.92. The molecule has 1 saturated heterocycles. The van der Waals surface area contributed by atoms with Crippen molar-refractivity contribution in [3.63, 3.8) is 0 Å². The molecule has 0 radical (unpaired) electrons. The lowest BCUT2D eigenvalue weighted by Crippen LogP contribution is -2.50. The Morgan fingerprint density at radius 3 is 2.70 bits per heavy atom. The van der Waals surface area contributed by atoms with E-state index in [2.05, 4.69) is 5.32 Å². The van der Waals surface area contributed by atoms with Crippen LogP contribution in [-0.2, 0) is 14.3 Å². The molecular formula is C18H24ClN3O4S. The van der Waals surface area contributed by atoms with Crippen molar-refractivity contribution in [1.82, 2.24) is 5.32 Å². The molecule has 1 aliphatic heterocycles. The van der Waals surface area contributed by atoms with Crippen molar-refractivity contribution in [2.45, 2.75) is 37.8 Å². The van der Waals surface area contributed by atoms with Gasteiger partial charge in [0.2, 0.25) is 11.8 Å². The molecule has 0 aromatic carbocycles. The number of hydrogen-bond donors (Lipinski definition) is 2. The number of ether oxygens (including phenoxy) is 1. The maximum atomic E-state index is 12.8. The SMILES string of the molecule is COC(=O)c1ccsc1N1CCC(NC(=O)C2C3CCC(C3)C2N)C1=O.Cl. The van der Waals surface area contributed by atoms with Crippen LogP contribution in [0.1, 0.15) is 36.0 Å². The Labute approximate surface area is 168 Å². The number of methoxy groups -OCH3 is 1. The van der Waals surface area contributed by atoms with Crippen LogP contribution in [-0.4, -0.2) is 43.5 Å². The fourth-order valence-electron chi connectivity index (χ4n) is 4.78. The van der Waals surface area contributed by atoms with E-state index in [0.717, 1.165) is 19.3 Å². The molecule has 2 bridgehead atoms. The highest BCUT2D eigenvalue weighted by molar-refractivity contribution is 7.14. The van der Waals surface area contributed by atoms with E-state index in [0.29, 0.717) is 35.4 Å². The molecular weight excluding hydrogens is 390 g/mol. The molecule has 1 aromatic heterocycles. The molecule has 2 amide bonds. The Morgan fingerprint density at radius 1 is 1.30 bits per heavy atom. The number of amides is 2. The van der Waals surface area contributed by atoms with Crippen molar-refractivity contribution in [3.05, 3.63) is 17.0 Å². The molecule has 1 aromatic rings. The molecule has 0 spiro atoms. The monoisotopic (exact) mass is 413 g/mol. The second-order valence-corrected chi connectivity index (χ2v) is 8.30. The van der Waals surface area contributed by atoms with E-state index in [4.69, 9.17) is 10.5 Å². The van der Waals surface area contributed by atoms with Crippen LogP contribution in [0, 0.1) is 17.8 Å². The minimum atomic E-state index is -0.554. The van der Waals surface area contributed by atoms with E-state index >= 15 is 0 Å². The maximum absolute atomic E-state index is 12.8. The first-order chi connectivity index (χ1) is 12.5. The van der Waals surface area contributed by atoms with E-state index in [1.54, 1.807) is 16.3 Å². The fourth-order valence-corrected chi connectivity index (χ4v) is 5.70. The standard InChI is InChI=1S/C18H23N3O4S.ClH/c1-25-18(24)11-5-7-26-17(11)21-6-4-12(16(21)23)20-15(22)13-9-2-3-10(8-9)14(13)19;/h5,7,9-10,12-14H,2-4,6,8,19H2,1H3,(H,20,22);1H. The summed E-state index contributed by atoms with van der Waals surface area (Å²) in [6.07, 6.45) is 3.72. The van der Waals surface area contributed by atoms with Gasteiger partial charge in [0.1, 0.15) is 11.0 Å². The van der Waals surface area contributed by atoms with Crippen LogP contribution in [0.15, 0.2) is 11.4 Å². The molecule has 5 atom stereocenters. The Morgan fingerprint density at radius 2 is 2.04 bits per heavy atom. The smallest absolute Gasteiger partial charge is 0.340 e. The lowest BCUT2D eigenvalue weighted by molar-refractivity contribution is -0.130. The molecule has 2 heterocycles. The van der Waals surface area contributed by atoms with Gasteiger partial charge in [0.15, 0.2) is 0 Å². The van der Waals surface area contributed by atoms with Gasteiger partial charge in [-0.2, -0.15) is 0 Å². The van der Waals surface area contributed by atoms with Gasteiger partial charge in [-0.05, 0) is 49.0 Å². The lowest BCUT2D eigenvalue weighted by atomic mass is 9.84. The number of rotatable bonds is 4. The summed E-state index contributed by atoms with van der Waals surface area (Å²) in [6, 6.07) is 1.00. The number of anilines is 1. The topological polar surface area (TPSA) is 102 Å². The number of nitrogens with one attached hydrogen (secondary N) is 1. The van der Waals surface area contributed by atoms with Gasteiger partial charge in [0.05, 0.1) is 18.6 Å². The van der Waals surface area contributed by atoms with Crippen LogP contribution >= 0.6 is 23.7 Å². The number of carbonyl (C=O) groups is 3. The molecule has 7 nitrogen and oxygen atoms in total. The van der Waals surface area contributed by atoms with Gasteiger partial charge in [-0.1, -0.05) is 0 Å². The third kappa shape index (κ3) is 3.34. The van der Waals surface area contributed by atoms with Crippen molar-refractivity contribution >= 4 is 46.5 Å².